The summed E-state index contributed by atoms with van der Waals surface area (Å²) >= 11 is 0. The van der Waals surface area contributed by atoms with Gasteiger partial charge in [0.1, 0.15) is 5.75 Å². The summed E-state index contributed by atoms with van der Waals surface area (Å²) in [6.45, 7) is 2.01. The fourth-order valence-electron chi connectivity index (χ4n) is 1.22. The zero-order valence-corrected chi connectivity index (χ0v) is 11.3. The molecule has 0 aliphatic heterocycles. The zero-order chi connectivity index (χ0) is 13.4. The van der Waals surface area contributed by atoms with E-state index in [2.05, 4.69) is 4.72 Å². The van der Waals surface area contributed by atoms with Gasteiger partial charge in [0.15, 0.2) is 0 Å². The Labute approximate surface area is 108 Å². The van der Waals surface area contributed by atoms with Gasteiger partial charge in [-0.1, -0.05) is 19.1 Å². The highest BCUT2D eigenvalue weighted by Gasteiger charge is 2.10. The molecule has 0 atom stereocenters. The summed E-state index contributed by atoms with van der Waals surface area (Å²) in [6, 6.07) is 6.21. The van der Waals surface area contributed by atoms with E-state index in [-0.39, 0.29) is 4.90 Å². The van der Waals surface area contributed by atoms with E-state index in [4.69, 9.17) is 4.74 Å². The molecule has 1 aromatic carbocycles. The minimum Gasteiger partial charge on any atom is -0.497 e. The van der Waals surface area contributed by atoms with Gasteiger partial charge in [-0.05, 0) is 36.8 Å². The first-order valence-corrected chi connectivity index (χ1v) is 7.06. The molecule has 0 unspecified atom stereocenters. The van der Waals surface area contributed by atoms with E-state index in [0.717, 1.165) is 6.42 Å². The topological polar surface area (TPSA) is 55.4 Å². The van der Waals surface area contributed by atoms with E-state index in [0.29, 0.717) is 5.75 Å². The van der Waals surface area contributed by atoms with Crippen LogP contribution in [-0.4, -0.2) is 15.5 Å². The van der Waals surface area contributed by atoms with Crippen LogP contribution in [-0.2, 0) is 10.0 Å². The molecule has 5 heteroatoms. The highest BCUT2D eigenvalue weighted by atomic mass is 32.2. The Hall–Kier alpha value is -1.75. The van der Waals surface area contributed by atoms with Gasteiger partial charge in [0, 0.05) is 6.20 Å². The van der Waals surface area contributed by atoms with E-state index in [1.165, 1.54) is 25.4 Å². The van der Waals surface area contributed by atoms with Gasteiger partial charge in [-0.3, -0.25) is 4.72 Å². The summed E-state index contributed by atoms with van der Waals surface area (Å²) < 4.78 is 31.0. The van der Waals surface area contributed by atoms with Crippen molar-refractivity contribution in [1.29, 1.82) is 0 Å². The molecule has 0 spiro atoms. The van der Waals surface area contributed by atoms with Crippen molar-refractivity contribution in [3.05, 3.63) is 48.7 Å². The zero-order valence-electron chi connectivity index (χ0n) is 10.5. The number of hydrogen-bond acceptors (Lipinski definition) is 3. The van der Waals surface area contributed by atoms with Crippen molar-refractivity contribution in [1.82, 2.24) is 4.72 Å². The van der Waals surface area contributed by atoms with Crippen LogP contribution in [0.25, 0.3) is 0 Å². The second-order valence-corrected chi connectivity index (χ2v) is 5.21. The van der Waals surface area contributed by atoms with Crippen LogP contribution in [0, 0.1) is 0 Å². The lowest BCUT2D eigenvalue weighted by Crippen LogP contribution is -2.17. The van der Waals surface area contributed by atoms with Crippen molar-refractivity contribution in [3.8, 4) is 5.75 Å². The van der Waals surface area contributed by atoms with Crippen LogP contribution < -0.4 is 9.46 Å². The lowest BCUT2D eigenvalue weighted by atomic mass is 10.3. The van der Waals surface area contributed by atoms with Crippen LogP contribution in [0.2, 0.25) is 0 Å². The van der Waals surface area contributed by atoms with Crippen molar-refractivity contribution in [3.63, 3.8) is 0 Å². The summed E-state index contributed by atoms with van der Waals surface area (Å²) in [7, 11) is -1.97. The van der Waals surface area contributed by atoms with Crippen molar-refractivity contribution in [2.45, 2.75) is 18.2 Å². The molecule has 0 saturated carbocycles. The van der Waals surface area contributed by atoms with E-state index in [9.17, 15) is 8.42 Å². The molecule has 0 heterocycles. The van der Waals surface area contributed by atoms with Crippen LogP contribution >= 0.6 is 0 Å². The van der Waals surface area contributed by atoms with Gasteiger partial charge in [0.25, 0.3) is 10.0 Å². The summed E-state index contributed by atoms with van der Waals surface area (Å²) in [5.41, 5.74) is 0. The highest BCUT2D eigenvalue weighted by Crippen LogP contribution is 2.15. The quantitative estimate of drug-likeness (QED) is 0.805. The first-order chi connectivity index (χ1) is 8.60. The average Bonchev–Trinajstić information content (AvgIpc) is 2.38. The maximum Gasteiger partial charge on any atom is 0.261 e. The number of hydrogen-bond donors (Lipinski definition) is 1. The van der Waals surface area contributed by atoms with Gasteiger partial charge in [-0.25, -0.2) is 8.42 Å². The van der Waals surface area contributed by atoms with Gasteiger partial charge >= 0.3 is 0 Å². The Kier molecular flexibility index (Phi) is 5.45. The smallest absolute Gasteiger partial charge is 0.261 e. The molecular weight excluding hydrogens is 250 g/mol. The normalized spacial score (nSPS) is 12.1. The minimum atomic E-state index is -3.50. The predicted molar refractivity (Wildman–Crippen MR) is 71.9 cm³/mol. The van der Waals surface area contributed by atoms with Crippen molar-refractivity contribution in [2.75, 3.05) is 7.11 Å². The van der Waals surface area contributed by atoms with Crippen LogP contribution in [0.15, 0.2) is 53.6 Å². The lowest BCUT2D eigenvalue weighted by Gasteiger charge is -2.04. The third-order valence-corrected chi connectivity index (χ3v) is 3.51. The molecule has 0 saturated heterocycles. The molecule has 0 aromatic heterocycles. The maximum absolute atomic E-state index is 11.8. The fourth-order valence-corrected chi connectivity index (χ4v) is 2.11. The van der Waals surface area contributed by atoms with Crippen LogP contribution in [0.5, 0.6) is 5.75 Å². The third kappa shape index (κ3) is 4.25. The van der Waals surface area contributed by atoms with Crippen molar-refractivity contribution < 1.29 is 13.2 Å². The number of nitrogens with one attached hydrogen (secondary N) is 1. The predicted octanol–water partition coefficient (Wildman–Crippen LogP) is 2.45. The third-order valence-electron chi connectivity index (χ3n) is 2.17. The molecular formula is C13H17NO3S. The molecule has 0 radical (unpaired) electrons. The summed E-state index contributed by atoms with van der Waals surface area (Å²) in [4.78, 5) is 0.201. The minimum absolute atomic E-state index is 0.201. The molecule has 0 amide bonds. The Morgan fingerprint density at radius 1 is 1.22 bits per heavy atom. The summed E-state index contributed by atoms with van der Waals surface area (Å²) in [5, 5.41) is 0. The van der Waals surface area contributed by atoms with E-state index >= 15 is 0 Å². The van der Waals surface area contributed by atoms with Crippen molar-refractivity contribution in [2.24, 2.45) is 0 Å². The SMILES string of the molecule is CC/C=C/C=C\NS(=O)(=O)c1ccc(OC)cc1. The average molecular weight is 267 g/mol. The molecule has 0 aliphatic rings. The number of benzene rings is 1. The monoisotopic (exact) mass is 267 g/mol. The number of rotatable bonds is 6. The number of sulfonamides is 1. The van der Waals surface area contributed by atoms with E-state index < -0.39 is 10.0 Å². The van der Waals surface area contributed by atoms with E-state index in [1.807, 2.05) is 13.0 Å². The molecule has 0 aliphatic carbocycles. The van der Waals surface area contributed by atoms with Gasteiger partial charge in [-0.15, -0.1) is 0 Å². The first-order valence-electron chi connectivity index (χ1n) is 5.58. The second kappa shape index (κ2) is 6.86. The van der Waals surface area contributed by atoms with Crippen LogP contribution in [0.3, 0.4) is 0 Å². The Morgan fingerprint density at radius 3 is 2.44 bits per heavy atom. The molecule has 1 N–H and O–H groups in total. The molecule has 0 fully saturated rings. The maximum atomic E-state index is 11.8. The molecule has 98 valence electrons. The Balaban J connectivity index is 2.73. The Morgan fingerprint density at radius 2 is 1.89 bits per heavy atom. The van der Waals surface area contributed by atoms with Gasteiger partial charge in [0.2, 0.25) is 0 Å². The number of ether oxygens (including phenoxy) is 1. The van der Waals surface area contributed by atoms with E-state index in [1.54, 1.807) is 24.3 Å². The molecule has 0 bridgehead atoms. The first kappa shape index (κ1) is 14.3. The summed E-state index contributed by atoms with van der Waals surface area (Å²) in [5.74, 6) is 0.621. The second-order valence-electron chi connectivity index (χ2n) is 3.49. The fraction of sp³-hybridized carbons (Fsp3) is 0.231. The van der Waals surface area contributed by atoms with Crippen LogP contribution in [0.4, 0.5) is 0 Å². The molecule has 1 aromatic rings. The molecule has 1 rings (SSSR count). The van der Waals surface area contributed by atoms with Gasteiger partial charge in [0.05, 0.1) is 12.0 Å². The van der Waals surface area contributed by atoms with Crippen LogP contribution in [0.1, 0.15) is 13.3 Å². The molecule has 18 heavy (non-hydrogen) atoms. The summed E-state index contributed by atoms with van der Waals surface area (Å²) in [6.07, 6.45) is 7.67. The standard InChI is InChI=1S/C13H17NO3S/c1-3-4-5-6-11-14-18(15,16)13-9-7-12(17-2)8-10-13/h4-11,14H,3H2,1-2H3/b5-4+,11-6-. The van der Waals surface area contributed by atoms with Gasteiger partial charge in [-0.2, -0.15) is 0 Å². The molecule has 4 nitrogen and oxygen atoms in total. The Bertz CT molecular complexity index is 516. The number of allylic oxidation sites excluding steroid dienone is 3. The lowest BCUT2D eigenvalue weighted by molar-refractivity contribution is 0.414. The van der Waals surface area contributed by atoms with Crippen molar-refractivity contribution >= 4 is 10.0 Å². The largest absolute Gasteiger partial charge is 0.497 e. The number of methoxy groups -OCH3 is 1. The highest BCUT2D eigenvalue weighted by molar-refractivity contribution is 7.89. The van der Waals surface area contributed by atoms with Gasteiger partial charge < -0.3 is 4.74 Å².